The van der Waals surface area contributed by atoms with Crippen LogP contribution < -0.4 is 5.32 Å². The summed E-state index contributed by atoms with van der Waals surface area (Å²) in [5.41, 5.74) is 0.149. The van der Waals surface area contributed by atoms with E-state index in [0.717, 1.165) is 19.5 Å². The normalized spacial score (nSPS) is 23.9. The van der Waals surface area contributed by atoms with Crippen LogP contribution in [-0.2, 0) is 4.79 Å². The molecule has 1 heterocycles. The third-order valence-corrected chi connectivity index (χ3v) is 3.59. The van der Waals surface area contributed by atoms with E-state index >= 15 is 0 Å². The second kappa shape index (κ2) is 4.52. The Balaban J connectivity index is 2.59. The van der Waals surface area contributed by atoms with Gasteiger partial charge in [-0.3, -0.25) is 4.79 Å². The van der Waals surface area contributed by atoms with Crippen LogP contribution in [0.3, 0.4) is 0 Å². The van der Waals surface area contributed by atoms with Gasteiger partial charge in [0, 0.05) is 19.6 Å². The van der Waals surface area contributed by atoms with Gasteiger partial charge in [0.05, 0.1) is 5.92 Å². The molecule has 0 aliphatic carbocycles. The van der Waals surface area contributed by atoms with Gasteiger partial charge in [-0.25, -0.2) is 0 Å². The van der Waals surface area contributed by atoms with Crippen LogP contribution in [0.4, 0.5) is 0 Å². The molecule has 3 heteroatoms. The zero-order valence-electron chi connectivity index (χ0n) is 10.6. The fraction of sp³-hybridized carbons (Fsp3) is 0.917. The Morgan fingerprint density at radius 3 is 2.47 bits per heavy atom. The van der Waals surface area contributed by atoms with Crippen LogP contribution in [0, 0.1) is 11.3 Å². The first kappa shape index (κ1) is 12.5. The number of carbonyl (C=O) groups excluding carboxylic acids is 1. The highest BCUT2D eigenvalue weighted by atomic mass is 16.2. The predicted octanol–water partition coefficient (Wildman–Crippen LogP) is 1.49. The zero-order chi connectivity index (χ0) is 11.6. The van der Waals surface area contributed by atoms with Gasteiger partial charge in [-0.1, -0.05) is 20.8 Å². The molecule has 0 spiro atoms. The number of nitrogens with one attached hydrogen (secondary N) is 1. The highest BCUT2D eigenvalue weighted by Crippen LogP contribution is 2.24. The summed E-state index contributed by atoms with van der Waals surface area (Å²) in [6, 6.07) is 0.283. The molecule has 15 heavy (non-hydrogen) atoms. The smallest absolute Gasteiger partial charge is 0.227 e. The van der Waals surface area contributed by atoms with Crippen molar-refractivity contribution in [2.45, 2.75) is 40.2 Å². The van der Waals surface area contributed by atoms with Gasteiger partial charge in [-0.05, 0) is 25.3 Å². The standard InChI is InChI=1S/C12H24N2O/c1-9(12(2,3)4)14(5)11(15)10-6-7-13-8-10/h9-10,13H,6-8H2,1-5H3. The number of amides is 1. The van der Waals surface area contributed by atoms with Gasteiger partial charge in [0.15, 0.2) is 0 Å². The Morgan fingerprint density at radius 1 is 1.47 bits per heavy atom. The van der Waals surface area contributed by atoms with Crippen molar-refractivity contribution in [1.29, 1.82) is 0 Å². The van der Waals surface area contributed by atoms with Gasteiger partial charge in [0.1, 0.15) is 0 Å². The number of hydrogen-bond donors (Lipinski definition) is 1. The van der Waals surface area contributed by atoms with E-state index in [-0.39, 0.29) is 17.4 Å². The van der Waals surface area contributed by atoms with E-state index in [4.69, 9.17) is 0 Å². The summed E-state index contributed by atoms with van der Waals surface area (Å²) in [7, 11) is 1.93. The lowest BCUT2D eigenvalue weighted by molar-refractivity contribution is -0.137. The molecule has 3 nitrogen and oxygen atoms in total. The number of rotatable bonds is 2. The third kappa shape index (κ3) is 2.94. The topological polar surface area (TPSA) is 32.3 Å². The van der Waals surface area contributed by atoms with Crippen molar-refractivity contribution in [1.82, 2.24) is 10.2 Å². The second-order valence-corrected chi connectivity index (χ2v) is 5.68. The van der Waals surface area contributed by atoms with E-state index in [2.05, 4.69) is 33.0 Å². The Kier molecular flexibility index (Phi) is 3.77. The van der Waals surface area contributed by atoms with E-state index in [1.165, 1.54) is 0 Å². The van der Waals surface area contributed by atoms with E-state index in [1.807, 2.05) is 11.9 Å². The zero-order valence-corrected chi connectivity index (χ0v) is 10.6. The number of hydrogen-bond acceptors (Lipinski definition) is 2. The second-order valence-electron chi connectivity index (χ2n) is 5.68. The molecule has 1 aliphatic rings. The van der Waals surface area contributed by atoms with Crippen molar-refractivity contribution in [2.75, 3.05) is 20.1 Å². The van der Waals surface area contributed by atoms with Gasteiger partial charge in [-0.2, -0.15) is 0 Å². The highest BCUT2D eigenvalue weighted by molar-refractivity contribution is 5.79. The van der Waals surface area contributed by atoms with Crippen molar-refractivity contribution in [3.63, 3.8) is 0 Å². The van der Waals surface area contributed by atoms with Crippen LogP contribution in [0.15, 0.2) is 0 Å². The van der Waals surface area contributed by atoms with E-state index in [1.54, 1.807) is 0 Å². The van der Waals surface area contributed by atoms with Gasteiger partial charge in [0.2, 0.25) is 5.91 Å². The third-order valence-electron chi connectivity index (χ3n) is 3.59. The maximum Gasteiger partial charge on any atom is 0.227 e. The first-order chi connectivity index (χ1) is 6.84. The molecule has 1 saturated heterocycles. The monoisotopic (exact) mass is 212 g/mol. The van der Waals surface area contributed by atoms with Crippen molar-refractivity contribution >= 4 is 5.91 Å². The largest absolute Gasteiger partial charge is 0.342 e. The van der Waals surface area contributed by atoms with E-state index in [9.17, 15) is 4.79 Å². The molecule has 1 rings (SSSR count). The first-order valence-corrected chi connectivity index (χ1v) is 5.81. The lowest BCUT2D eigenvalue weighted by Gasteiger charge is -2.36. The maximum atomic E-state index is 12.1. The summed E-state index contributed by atoms with van der Waals surface area (Å²) < 4.78 is 0. The van der Waals surface area contributed by atoms with Crippen molar-refractivity contribution in [2.24, 2.45) is 11.3 Å². The molecule has 2 atom stereocenters. The Hall–Kier alpha value is -0.570. The van der Waals surface area contributed by atoms with Crippen LogP contribution >= 0.6 is 0 Å². The van der Waals surface area contributed by atoms with Crippen LogP contribution in [0.2, 0.25) is 0 Å². The van der Waals surface area contributed by atoms with Crippen LogP contribution in [0.1, 0.15) is 34.1 Å². The van der Waals surface area contributed by atoms with Crippen molar-refractivity contribution < 1.29 is 4.79 Å². The minimum atomic E-state index is 0.149. The summed E-state index contributed by atoms with van der Waals surface area (Å²) in [5.74, 6) is 0.488. The maximum absolute atomic E-state index is 12.1. The van der Waals surface area contributed by atoms with Gasteiger partial charge in [0.25, 0.3) is 0 Å². The molecule has 0 bridgehead atoms. The van der Waals surface area contributed by atoms with Crippen LogP contribution in [-0.4, -0.2) is 37.0 Å². The molecule has 1 N–H and O–H groups in total. The summed E-state index contributed by atoms with van der Waals surface area (Å²) in [4.78, 5) is 14.0. The first-order valence-electron chi connectivity index (χ1n) is 5.81. The molecule has 0 aromatic rings. The molecule has 0 aromatic heterocycles. The molecule has 0 aromatic carbocycles. The van der Waals surface area contributed by atoms with E-state index < -0.39 is 0 Å². The molecular formula is C12H24N2O. The summed E-state index contributed by atoms with van der Waals surface area (Å²) >= 11 is 0. The van der Waals surface area contributed by atoms with Crippen LogP contribution in [0.25, 0.3) is 0 Å². The van der Waals surface area contributed by atoms with Gasteiger partial charge >= 0.3 is 0 Å². The Morgan fingerprint density at radius 2 is 2.07 bits per heavy atom. The average Bonchev–Trinajstić information content (AvgIpc) is 2.65. The molecule has 2 unspecified atom stereocenters. The Bertz CT molecular complexity index is 226. The minimum absolute atomic E-state index is 0.149. The number of nitrogens with zero attached hydrogens (tertiary/aromatic N) is 1. The molecule has 1 aliphatic heterocycles. The molecule has 0 saturated carbocycles. The SMILES string of the molecule is CC(N(C)C(=O)C1CCNC1)C(C)(C)C. The fourth-order valence-corrected chi connectivity index (χ4v) is 1.93. The van der Waals surface area contributed by atoms with Crippen molar-refractivity contribution in [3.8, 4) is 0 Å². The Labute approximate surface area is 93.2 Å². The van der Waals surface area contributed by atoms with Gasteiger partial charge < -0.3 is 10.2 Å². The van der Waals surface area contributed by atoms with Gasteiger partial charge in [-0.15, -0.1) is 0 Å². The molecule has 1 amide bonds. The molecular weight excluding hydrogens is 188 g/mol. The summed E-state index contributed by atoms with van der Waals surface area (Å²) in [6.07, 6.45) is 0.986. The lowest BCUT2D eigenvalue weighted by atomic mass is 9.86. The molecule has 88 valence electrons. The molecule has 1 fully saturated rings. The molecule has 0 radical (unpaired) electrons. The fourth-order valence-electron chi connectivity index (χ4n) is 1.93. The van der Waals surface area contributed by atoms with Crippen LogP contribution in [0.5, 0.6) is 0 Å². The van der Waals surface area contributed by atoms with Crippen molar-refractivity contribution in [3.05, 3.63) is 0 Å². The highest BCUT2D eigenvalue weighted by Gasteiger charge is 2.31. The summed E-state index contributed by atoms with van der Waals surface area (Å²) in [6.45, 7) is 10.5. The summed E-state index contributed by atoms with van der Waals surface area (Å²) in [5, 5.41) is 3.24. The average molecular weight is 212 g/mol. The van der Waals surface area contributed by atoms with E-state index in [0.29, 0.717) is 5.91 Å². The quantitative estimate of drug-likeness (QED) is 0.752. The minimum Gasteiger partial charge on any atom is -0.342 e. The number of carbonyl (C=O) groups is 1. The lowest BCUT2D eigenvalue weighted by Crippen LogP contribution is -2.45. The predicted molar refractivity (Wildman–Crippen MR) is 62.7 cm³/mol.